The predicted molar refractivity (Wildman–Crippen MR) is 112 cm³/mol. The highest BCUT2D eigenvalue weighted by atomic mass is 127. The molecule has 0 unspecified atom stereocenters. The van der Waals surface area contributed by atoms with Crippen LogP contribution in [0.25, 0.3) is 0 Å². The van der Waals surface area contributed by atoms with E-state index in [0.29, 0.717) is 24.1 Å². The van der Waals surface area contributed by atoms with Crippen LogP contribution < -0.4 is 10.0 Å². The van der Waals surface area contributed by atoms with Crippen LogP contribution in [0.1, 0.15) is 19.4 Å². The lowest BCUT2D eigenvalue weighted by Crippen LogP contribution is -2.53. The molecule has 0 radical (unpaired) electrons. The number of hydrogen-bond acceptors (Lipinski definition) is 3. The molecule has 0 aromatic heterocycles. The summed E-state index contributed by atoms with van der Waals surface area (Å²) in [5.41, 5.74) is 0.485. The molecular weight excluding hydrogens is 463 g/mol. The van der Waals surface area contributed by atoms with Crippen molar-refractivity contribution in [2.45, 2.75) is 25.9 Å². The summed E-state index contributed by atoms with van der Waals surface area (Å²) in [6.45, 7) is 4.70. The minimum atomic E-state index is -3.27. The van der Waals surface area contributed by atoms with Gasteiger partial charge in [0.15, 0.2) is 5.96 Å². The first kappa shape index (κ1) is 23.4. The van der Waals surface area contributed by atoms with Gasteiger partial charge in [-0.15, -0.1) is 24.0 Å². The van der Waals surface area contributed by atoms with Crippen LogP contribution in [0.5, 0.6) is 0 Å². The molecule has 24 heavy (non-hydrogen) atoms. The summed E-state index contributed by atoms with van der Waals surface area (Å²) in [7, 11) is 0.344. The zero-order valence-electron chi connectivity index (χ0n) is 14.6. The Morgan fingerprint density at radius 3 is 2.29 bits per heavy atom. The van der Waals surface area contributed by atoms with Crippen molar-refractivity contribution in [1.29, 1.82) is 0 Å². The highest BCUT2D eigenvalue weighted by molar-refractivity contribution is 14.0. The molecule has 1 rings (SSSR count). The van der Waals surface area contributed by atoms with Gasteiger partial charge in [-0.25, -0.2) is 13.1 Å². The van der Waals surface area contributed by atoms with Gasteiger partial charge in [0.1, 0.15) is 0 Å². The number of nitrogens with one attached hydrogen (secondary N) is 2. The fraction of sp³-hybridized carbons (Fsp3) is 0.533. The van der Waals surface area contributed by atoms with Crippen molar-refractivity contribution in [3.8, 4) is 0 Å². The maximum atomic E-state index is 11.4. The van der Waals surface area contributed by atoms with Gasteiger partial charge in [0.2, 0.25) is 10.0 Å². The molecule has 138 valence electrons. The summed E-state index contributed by atoms with van der Waals surface area (Å²) in [6.07, 6.45) is 1.15. The van der Waals surface area contributed by atoms with Gasteiger partial charge in [0.25, 0.3) is 0 Å². The zero-order chi connectivity index (χ0) is 17.7. The molecule has 9 heteroatoms. The second-order valence-electron chi connectivity index (χ2n) is 6.14. The van der Waals surface area contributed by atoms with Crippen LogP contribution in [-0.4, -0.2) is 51.7 Å². The van der Waals surface area contributed by atoms with Gasteiger partial charge in [-0.1, -0.05) is 23.7 Å². The van der Waals surface area contributed by atoms with Gasteiger partial charge in [-0.05, 0) is 31.5 Å². The SMILES string of the molecule is CN=C(NCC(C)(C)NS(C)(=O)=O)N(C)Cc1ccc(Cl)cc1.I. The van der Waals surface area contributed by atoms with Crippen LogP contribution in [0.4, 0.5) is 0 Å². The molecule has 2 N–H and O–H groups in total. The largest absolute Gasteiger partial charge is 0.354 e. The standard InChI is InChI=1S/C15H25ClN4O2S.HI/c1-15(2,19-23(5,21)22)11-18-14(17-3)20(4)10-12-6-8-13(16)9-7-12;/h6-9,19H,10-11H2,1-5H3,(H,17,18);1H. The van der Waals surface area contributed by atoms with E-state index >= 15 is 0 Å². The first-order chi connectivity index (χ1) is 10.5. The van der Waals surface area contributed by atoms with Crippen molar-refractivity contribution in [2.75, 3.05) is 26.9 Å². The molecule has 1 aromatic carbocycles. The van der Waals surface area contributed by atoms with Crippen molar-refractivity contribution >= 4 is 51.6 Å². The third-order valence-corrected chi connectivity index (χ3v) is 4.23. The molecule has 1 aromatic rings. The Labute approximate surface area is 167 Å². The van der Waals surface area contributed by atoms with Crippen molar-refractivity contribution in [3.05, 3.63) is 34.9 Å². The number of rotatable bonds is 6. The summed E-state index contributed by atoms with van der Waals surface area (Å²) in [5, 5.41) is 3.89. The molecule has 6 nitrogen and oxygen atoms in total. The summed E-state index contributed by atoms with van der Waals surface area (Å²) < 4.78 is 25.3. The van der Waals surface area contributed by atoms with Crippen molar-refractivity contribution in [3.63, 3.8) is 0 Å². The van der Waals surface area contributed by atoms with Crippen molar-refractivity contribution in [2.24, 2.45) is 4.99 Å². The van der Waals surface area contributed by atoms with E-state index in [-0.39, 0.29) is 24.0 Å². The molecule has 0 aliphatic rings. The monoisotopic (exact) mass is 488 g/mol. The van der Waals surface area contributed by atoms with Crippen molar-refractivity contribution in [1.82, 2.24) is 14.9 Å². The fourth-order valence-electron chi connectivity index (χ4n) is 2.16. The lowest BCUT2D eigenvalue weighted by atomic mass is 10.1. The number of hydrogen-bond donors (Lipinski definition) is 2. The van der Waals surface area contributed by atoms with Gasteiger partial charge in [0, 0.05) is 37.7 Å². The molecule has 0 saturated carbocycles. The van der Waals surface area contributed by atoms with Crippen LogP contribution >= 0.6 is 35.6 Å². The van der Waals surface area contributed by atoms with Gasteiger partial charge in [-0.3, -0.25) is 4.99 Å². The van der Waals surface area contributed by atoms with Crippen LogP contribution in [0, 0.1) is 0 Å². The number of benzene rings is 1. The summed E-state index contributed by atoms with van der Waals surface area (Å²) in [5.74, 6) is 0.684. The van der Waals surface area contributed by atoms with Crippen LogP contribution in [-0.2, 0) is 16.6 Å². The Kier molecular flexibility index (Phi) is 9.55. The third kappa shape index (κ3) is 9.05. The molecule has 0 spiro atoms. The van der Waals surface area contributed by atoms with Crippen LogP contribution in [0.15, 0.2) is 29.3 Å². The van der Waals surface area contributed by atoms with E-state index in [1.807, 2.05) is 50.1 Å². The van der Waals surface area contributed by atoms with Crippen molar-refractivity contribution < 1.29 is 8.42 Å². The maximum Gasteiger partial charge on any atom is 0.209 e. The molecule has 0 aliphatic carbocycles. The first-order valence-electron chi connectivity index (χ1n) is 7.17. The Morgan fingerprint density at radius 1 is 1.29 bits per heavy atom. The quantitative estimate of drug-likeness (QED) is 0.366. The second-order valence-corrected chi connectivity index (χ2v) is 8.33. The van der Waals surface area contributed by atoms with Gasteiger partial charge >= 0.3 is 0 Å². The average molecular weight is 489 g/mol. The number of guanidine groups is 1. The van der Waals surface area contributed by atoms with E-state index in [1.165, 1.54) is 0 Å². The molecule has 0 heterocycles. The fourth-order valence-corrected chi connectivity index (χ4v) is 3.36. The number of nitrogens with zero attached hydrogens (tertiary/aromatic N) is 2. The Balaban J connectivity index is 0.00000529. The van der Waals surface area contributed by atoms with Crippen LogP contribution in [0.2, 0.25) is 5.02 Å². The molecule has 0 bridgehead atoms. The van der Waals surface area contributed by atoms with E-state index < -0.39 is 15.6 Å². The molecular formula is C15H26ClIN4O2S. The smallest absolute Gasteiger partial charge is 0.209 e. The number of aliphatic imine (C=N–C) groups is 1. The molecule has 0 fully saturated rings. The topological polar surface area (TPSA) is 73.8 Å². The highest BCUT2D eigenvalue weighted by Gasteiger charge is 2.22. The van der Waals surface area contributed by atoms with E-state index in [0.717, 1.165) is 11.8 Å². The first-order valence-corrected chi connectivity index (χ1v) is 9.44. The van der Waals surface area contributed by atoms with E-state index in [2.05, 4.69) is 15.0 Å². The lowest BCUT2D eigenvalue weighted by molar-refractivity contribution is 0.422. The minimum Gasteiger partial charge on any atom is -0.354 e. The summed E-state index contributed by atoms with van der Waals surface area (Å²) in [6, 6.07) is 7.61. The van der Waals surface area contributed by atoms with E-state index in [9.17, 15) is 8.42 Å². The van der Waals surface area contributed by atoms with E-state index in [1.54, 1.807) is 7.05 Å². The molecule has 0 saturated heterocycles. The summed E-state index contributed by atoms with van der Waals surface area (Å²) in [4.78, 5) is 6.19. The minimum absolute atomic E-state index is 0. The normalized spacial score (nSPS) is 12.5. The molecule has 0 aliphatic heterocycles. The zero-order valence-corrected chi connectivity index (χ0v) is 18.5. The van der Waals surface area contributed by atoms with Gasteiger partial charge < -0.3 is 10.2 Å². The Morgan fingerprint density at radius 2 is 1.83 bits per heavy atom. The van der Waals surface area contributed by atoms with E-state index in [4.69, 9.17) is 11.6 Å². The predicted octanol–water partition coefficient (Wildman–Crippen LogP) is 2.29. The molecule has 0 atom stereocenters. The average Bonchev–Trinajstić information content (AvgIpc) is 2.39. The van der Waals surface area contributed by atoms with Gasteiger partial charge in [-0.2, -0.15) is 0 Å². The highest BCUT2D eigenvalue weighted by Crippen LogP contribution is 2.11. The third-order valence-electron chi connectivity index (χ3n) is 3.06. The second kappa shape index (κ2) is 9.79. The number of sulfonamides is 1. The lowest BCUT2D eigenvalue weighted by Gasteiger charge is -2.29. The number of halogens is 2. The Bertz CT molecular complexity index is 648. The maximum absolute atomic E-state index is 11.4. The van der Waals surface area contributed by atoms with Crippen LogP contribution in [0.3, 0.4) is 0 Å². The molecule has 0 amide bonds. The summed E-state index contributed by atoms with van der Waals surface area (Å²) >= 11 is 5.88. The van der Waals surface area contributed by atoms with Gasteiger partial charge in [0.05, 0.1) is 6.26 Å². The Hall–Kier alpha value is -0.580.